The van der Waals surface area contributed by atoms with E-state index in [1.807, 2.05) is 6.92 Å². The fraction of sp³-hybridized carbons (Fsp3) is 1.00. The Bertz CT molecular complexity index is 108. The molecular formula is C7H15NO2. The molecule has 0 spiro atoms. The first kappa shape index (κ1) is 7.98. The van der Waals surface area contributed by atoms with Gasteiger partial charge in [-0.1, -0.05) is 6.92 Å². The van der Waals surface area contributed by atoms with E-state index < -0.39 is 5.60 Å². The van der Waals surface area contributed by atoms with Crippen molar-refractivity contribution in [2.75, 3.05) is 20.2 Å². The predicted molar refractivity (Wildman–Crippen MR) is 38.9 cm³/mol. The van der Waals surface area contributed by atoms with E-state index in [2.05, 4.69) is 5.32 Å². The molecule has 0 aromatic rings. The molecule has 1 atom stereocenters. The Balaban J connectivity index is 2.43. The fourth-order valence-electron chi connectivity index (χ4n) is 1.37. The first-order chi connectivity index (χ1) is 4.73. The van der Waals surface area contributed by atoms with Gasteiger partial charge in [0.15, 0.2) is 0 Å². The van der Waals surface area contributed by atoms with Crippen LogP contribution < -0.4 is 5.32 Å². The van der Waals surface area contributed by atoms with Crippen molar-refractivity contribution in [2.45, 2.75) is 25.0 Å². The van der Waals surface area contributed by atoms with Gasteiger partial charge in [-0.15, -0.1) is 0 Å². The van der Waals surface area contributed by atoms with Crippen LogP contribution >= 0.6 is 0 Å². The lowest BCUT2D eigenvalue weighted by Gasteiger charge is -2.42. The van der Waals surface area contributed by atoms with E-state index in [9.17, 15) is 5.11 Å². The summed E-state index contributed by atoms with van der Waals surface area (Å²) >= 11 is 0. The second-order valence-electron chi connectivity index (χ2n) is 2.84. The van der Waals surface area contributed by atoms with Crippen LogP contribution in [-0.2, 0) is 4.74 Å². The summed E-state index contributed by atoms with van der Waals surface area (Å²) in [7, 11) is 1.64. The van der Waals surface area contributed by atoms with Gasteiger partial charge in [0.2, 0.25) is 0 Å². The topological polar surface area (TPSA) is 41.5 Å². The average molecular weight is 145 g/mol. The lowest BCUT2D eigenvalue weighted by Crippen LogP contribution is -2.66. The zero-order chi connectivity index (χ0) is 7.61. The van der Waals surface area contributed by atoms with E-state index >= 15 is 0 Å². The van der Waals surface area contributed by atoms with Gasteiger partial charge in [-0.25, -0.2) is 0 Å². The van der Waals surface area contributed by atoms with Crippen LogP contribution in [0, 0.1) is 0 Å². The van der Waals surface area contributed by atoms with Crippen LogP contribution in [0.4, 0.5) is 0 Å². The molecule has 0 saturated carbocycles. The normalized spacial score (nSPS) is 25.5. The summed E-state index contributed by atoms with van der Waals surface area (Å²) in [6.45, 7) is 3.35. The van der Waals surface area contributed by atoms with Gasteiger partial charge >= 0.3 is 0 Å². The number of nitrogens with one attached hydrogen (secondary N) is 1. The Hall–Kier alpha value is -0.120. The number of β-amino-alcohol motifs (C(OH)–C–C–N with tert-alkyl or cyclic N) is 1. The van der Waals surface area contributed by atoms with E-state index in [0.29, 0.717) is 13.1 Å². The SMILES string of the molecule is CCC(OC)C1(O)CNC1. The van der Waals surface area contributed by atoms with Crippen molar-refractivity contribution in [2.24, 2.45) is 0 Å². The van der Waals surface area contributed by atoms with Crippen molar-refractivity contribution in [3.05, 3.63) is 0 Å². The zero-order valence-corrected chi connectivity index (χ0v) is 6.55. The lowest BCUT2D eigenvalue weighted by atomic mass is 9.89. The van der Waals surface area contributed by atoms with Crippen LogP contribution in [0.1, 0.15) is 13.3 Å². The molecule has 1 heterocycles. The quantitative estimate of drug-likeness (QED) is 0.575. The molecule has 1 aliphatic rings. The van der Waals surface area contributed by atoms with Gasteiger partial charge in [0.05, 0.1) is 6.10 Å². The van der Waals surface area contributed by atoms with Gasteiger partial charge < -0.3 is 15.2 Å². The highest BCUT2D eigenvalue weighted by Gasteiger charge is 2.41. The van der Waals surface area contributed by atoms with Crippen molar-refractivity contribution in [1.29, 1.82) is 0 Å². The number of ether oxygens (including phenoxy) is 1. The summed E-state index contributed by atoms with van der Waals surface area (Å²) in [4.78, 5) is 0. The van der Waals surface area contributed by atoms with E-state index in [1.165, 1.54) is 0 Å². The molecule has 1 saturated heterocycles. The van der Waals surface area contributed by atoms with E-state index in [0.717, 1.165) is 6.42 Å². The van der Waals surface area contributed by atoms with E-state index in [1.54, 1.807) is 7.11 Å². The predicted octanol–water partition coefficient (Wildman–Crippen LogP) is -0.254. The van der Waals surface area contributed by atoms with E-state index in [4.69, 9.17) is 4.74 Å². The van der Waals surface area contributed by atoms with Gasteiger partial charge in [-0.3, -0.25) is 0 Å². The van der Waals surface area contributed by atoms with Gasteiger partial charge in [-0.05, 0) is 6.42 Å². The first-order valence-corrected chi connectivity index (χ1v) is 3.69. The molecule has 0 radical (unpaired) electrons. The maximum Gasteiger partial charge on any atom is 0.115 e. The second-order valence-corrected chi connectivity index (χ2v) is 2.84. The van der Waals surface area contributed by atoms with Crippen LogP contribution in [0.3, 0.4) is 0 Å². The maximum atomic E-state index is 9.68. The molecule has 10 heavy (non-hydrogen) atoms. The number of hydrogen-bond donors (Lipinski definition) is 2. The molecule has 3 heteroatoms. The molecule has 0 bridgehead atoms. The summed E-state index contributed by atoms with van der Waals surface area (Å²) in [6.07, 6.45) is 0.864. The molecule has 1 fully saturated rings. The molecule has 1 aliphatic heterocycles. The standard InChI is InChI=1S/C7H15NO2/c1-3-6(10-2)7(9)4-8-5-7/h6,8-9H,3-5H2,1-2H3. The molecule has 1 unspecified atom stereocenters. The highest BCUT2D eigenvalue weighted by molar-refractivity contribution is 4.98. The maximum absolute atomic E-state index is 9.68. The highest BCUT2D eigenvalue weighted by atomic mass is 16.5. The smallest absolute Gasteiger partial charge is 0.115 e. The summed E-state index contributed by atoms with van der Waals surface area (Å²) in [6, 6.07) is 0. The largest absolute Gasteiger partial charge is 0.384 e. The van der Waals surface area contributed by atoms with Crippen molar-refractivity contribution in [3.63, 3.8) is 0 Å². The minimum atomic E-state index is -0.594. The molecule has 3 nitrogen and oxygen atoms in total. The van der Waals surface area contributed by atoms with Crippen LogP contribution in [0.25, 0.3) is 0 Å². The van der Waals surface area contributed by atoms with Crippen LogP contribution in [0.5, 0.6) is 0 Å². The van der Waals surface area contributed by atoms with Gasteiger partial charge in [0.25, 0.3) is 0 Å². The van der Waals surface area contributed by atoms with Crippen molar-refractivity contribution < 1.29 is 9.84 Å². The minimum Gasteiger partial charge on any atom is -0.384 e. The van der Waals surface area contributed by atoms with E-state index in [-0.39, 0.29) is 6.10 Å². The lowest BCUT2D eigenvalue weighted by molar-refractivity contribution is -0.122. The number of rotatable bonds is 3. The fourth-order valence-corrected chi connectivity index (χ4v) is 1.37. The zero-order valence-electron chi connectivity index (χ0n) is 6.55. The van der Waals surface area contributed by atoms with Crippen molar-refractivity contribution in [3.8, 4) is 0 Å². The van der Waals surface area contributed by atoms with Crippen LogP contribution in [0.2, 0.25) is 0 Å². The second kappa shape index (κ2) is 2.86. The molecule has 0 aromatic heterocycles. The third-order valence-electron chi connectivity index (χ3n) is 2.12. The van der Waals surface area contributed by atoms with Gasteiger partial charge in [0, 0.05) is 20.2 Å². The van der Waals surface area contributed by atoms with Crippen LogP contribution in [-0.4, -0.2) is 37.0 Å². The minimum absolute atomic E-state index is 0.00579. The van der Waals surface area contributed by atoms with Crippen LogP contribution in [0.15, 0.2) is 0 Å². The molecule has 1 rings (SSSR count). The summed E-state index contributed by atoms with van der Waals surface area (Å²) in [5, 5.41) is 12.7. The highest BCUT2D eigenvalue weighted by Crippen LogP contribution is 2.20. The first-order valence-electron chi connectivity index (χ1n) is 3.69. The van der Waals surface area contributed by atoms with Gasteiger partial charge in [-0.2, -0.15) is 0 Å². The third-order valence-corrected chi connectivity index (χ3v) is 2.12. The monoisotopic (exact) mass is 145 g/mol. The Kier molecular flexibility index (Phi) is 2.28. The average Bonchev–Trinajstić information content (AvgIpc) is 1.87. The number of hydrogen-bond acceptors (Lipinski definition) is 3. The molecule has 0 aromatic carbocycles. The molecule has 2 N–H and O–H groups in total. The summed E-state index contributed by atoms with van der Waals surface area (Å²) in [5.41, 5.74) is -0.594. The Labute approximate surface area is 61.4 Å². The number of aliphatic hydroxyl groups is 1. The Morgan fingerprint density at radius 3 is 2.40 bits per heavy atom. The van der Waals surface area contributed by atoms with Crippen molar-refractivity contribution in [1.82, 2.24) is 5.32 Å². The summed E-state index contributed by atoms with van der Waals surface area (Å²) in [5.74, 6) is 0. The van der Waals surface area contributed by atoms with Crippen molar-refractivity contribution >= 4 is 0 Å². The molecule has 0 amide bonds. The summed E-state index contributed by atoms with van der Waals surface area (Å²) < 4.78 is 5.12. The molecule has 60 valence electrons. The molecular weight excluding hydrogens is 130 g/mol. The third kappa shape index (κ3) is 1.17. The Morgan fingerprint density at radius 1 is 1.70 bits per heavy atom. The number of methoxy groups -OCH3 is 1. The Morgan fingerprint density at radius 2 is 2.30 bits per heavy atom. The molecule has 0 aliphatic carbocycles. The van der Waals surface area contributed by atoms with Gasteiger partial charge in [0.1, 0.15) is 5.60 Å².